The Morgan fingerprint density at radius 2 is 2.07 bits per heavy atom. The summed E-state index contributed by atoms with van der Waals surface area (Å²) in [6.07, 6.45) is 1.75. The first kappa shape index (κ1) is 19.0. The van der Waals surface area contributed by atoms with Crippen LogP contribution in [0.25, 0.3) is 6.08 Å². The van der Waals surface area contributed by atoms with Crippen molar-refractivity contribution in [3.63, 3.8) is 0 Å². The molecule has 27 heavy (non-hydrogen) atoms. The predicted molar refractivity (Wildman–Crippen MR) is 108 cm³/mol. The molecule has 1 aliphatic rings. The number of hydrogen-bond acceptors (Lipinski definition) is 5. The van der Waals surface area contributed by atoms with E-state index in [9.17, 15) is 9.59 Å². The number of halogens is 1. The fourth-order valence-electron chi connectivity index (χ4n) is 2.30. The highest BCUT2D eigenvalue weighted by Gasteiger charge is 2.30. The lowest BCUT2D eigenvalue weighted by Gasteiger charge is -2.07. The molecule has 0 radical (unpaired) electrons. The van der Waals surface area contributed by atoms with Crippen molar-refractivity contribution in [2.75, 3.05) is 13.7 Å². The third-order valence-electron chi connectivity index (χ3n) is 3.61. The number of amidine groups is 1. The molecule has 0 bridgehead atoms. The minimum absolute atomic E-state index is 0.158. The molecule has 3 rings (SSSR count). The molecule has 1 heterocycles. The summed E-state index contributed by atoms with van der Waals surface area (Å²) in [7, 11) is 1.66. The van der Waals surface area contributed by atoms with E-state index in [-0.39, 0.29) is 12.5 Å². The van der Waals surface area contributed by atoms with E-state index in [4.69, 9.17) is 22.1 Å². The van der Waals surface area contributed by atoms with Gasteiger partial charge in [0.1, 0.15) is 5.75 Å². The largest absolute Gasteiger partial charge is 0.484 e. The third kappa shape index (κ3) is 4.69. The normalized spacial score (nSPS) is 17.0. The van der Waals surface area contributed by atoms with E-state index < -0.39 is 5.91 Å². The minimum atomic E-state index is -0.553. The van der Waals surface area contributed by atoms with Gasteiger partial charge in [0.05, 0.1) is 15.6 Å². The zero-order chi connectivity index (χ0) is 19.4. The van der Waals surface area contributed by atoms with Gasteiger partial charge in [-0.1, -0.05) is 35.9 Å². The lowest BCUT2D eigenvalue weighted by atomic mass is 10.2. The quantitative estimate of drug-likeness (QED) is 0.777. The number of para-hydroxylation sites is 1. The molecule has 0 spiro atoms. The number of nitrogens with two attached hydrogens (primary N) is 1. The molecule has 0 atom stereocenters. The number of carbonyl (C=O) groups is 2. The first-order valence-electron chi connectivity index (χ1n) is 7.96. The monoisotopic (exact) mass is 401 g/mol. The first-order valence-corrected chi connectivity index (χ1v) is 9.15. The van der Waals surface area contributed by atoms with Gasteiger partial charge < -0.3 is 10.5 Å². The zero-order valence-electron chi connectivity index (χ0n) is 14.4. The molecule has 2 aromatic carbocycles. The molecule has 0 aliphatic carbocycles. The van der Waals surface area contributed by atoms with Gasteiger partial charge in [-0.2, -0.15) is 0 Å². The maximum absolute atomic E-state index is 12.5. The fourth-order valence-corrected chi connectivity index (χ4v) is 3.45. The maximum atomic E-state index is 12.5. The van der Waals surface area contributed by atoms with Crippen LogP contribution in [0.1, 0.15) is 5.56 Å². The van der Waals surface area contributed by atoms with Crippen molar-refractivity contribution in [2.45, 2.75) is 0 Å². The molecule has 1 fully saturated rings. The number of nitrogens with zero attached hydrogens (tertiary/aromatic N) is 2. The van der Waals surface area contributed by atoms with E-state index in [0.717, 1.165) is 5.56 Å². The number of thioether (sulfide) groups is 1. The molecule has 0 unspecified atom stereocenters. The van der Waals surface area contributed by atoms with E-state index in [2.05, 4.69) is 4.99 Å². The Hall–Kier alpha value is -2.77. The van der Waals surface area contributed by atoms with Crippen molar-refractivity contribution in [1.82, 2.24) is 4.90 Å². The number of ether oxygens (including phenoxy) is 1. The van der Waals surface area contributed by atoms with Crippen LogP contribution in [0.15, 0.2) is 58.4 Å². The molecule has 2 aromatic rings. The molecule has 0 saturated carbocycles. The summed E-state index contributed by atoms with van der Waals surface area (Å²) < 4.78 is 5.29. The molecule has 1 saturated heterocycles. The van der Waals surface area contributed by atoms with E-state index in [1.807, 2.05) is 18.2 Å². The highest BCUT2D eigenvalue weighted by Crippen LogP contribution is 2.35. The van der Waals surface area contributed by atoms with E-state index in [1.54, 1.807) is 43.5 Å². The Morgan fingerprint density at radius 1 is 1.30 bits per heavy atom. The Balaban J connectivity index is 1.83. The Kier molecular flexibility index (Phi) is 5.83. The fraction of sp³-hybridized carbons (Fsp3) is 0.105. The second kappa shape index (κ2) is 8.28. The lowest BCUT2D eigenvalue weighted by molar-refractivity contribution is -0.121. The second-order valence-corrected chi connectivity index (χ2v) is 7.06. The van der Waals surface area contributed by atoms with Crippen LogP contribution in [-0.4, -0.2) is 35.5 Å². The highest BCUT2D eigenvalue weighted by molar-refractivity contribution is 8.18. The second-order valence-electron chi connectivity index (χ2n) is 5.65. The van der Waals surface area contributed by atoms with Gasteiger partial charge in [0, 0.05) is 7.05 Å². The van der Waals surface area contributed by atoms with E-state index in [0.29, 0.717) is 26.5 Å². The standard InChI is InChI=1S/C19H16ClN3O3S/c1-23-18(25)16(27-19(23)22-15-8-3-2-7-14(15)20)10-12-5-4-6-13(9-12)26-11-17(21)24/h2-10H,11H2,1H3,(H2,21,24)/b16-10-,22-19?. The summed E-state index contributed by atoms with van der Waals surface area (Å²) in [5.74, 6) is -0.214. The van der Waals surface area contributed by atoms with Gasteiger partial charge in [-0.15, -0.1) is 0 Å². The third-order valence-corrected chi connectivity index (χ3v) is 4.99. The number of amides is 2. The summed E-state index contributed by atoms with van der Waals surface area (Å²) in [4.78, 5) is 29.8. The van der Waals surface area contributed by atoms with Crippen molar-refractivity contribution in [3.05, 3.63) is 64.0 Å². The van der Waals surface area contributed by atoms with Crippen LogP contribution in [0.3, 0.4) is 0 Å². The minimum Gasteiger partial charge on any atom is -0.484 e. The molecule has 8 heteroatoms. The molecule has 2 N–H and O–H groups in total. The number of hydrogen-bond donors (Lipinski definition) is 1. The van der Waals surface area contributed by atoms with Gasteiger partial charge in [-0.25, -0.2) is 4.99 Å². The molecular weight excluding hydrogens is 386 g/mol. The molecule has 2 amide bonds. The van der Waals surface area contributed by atoms with Crippen LogP contribution in [0.2, 0.25) is 5.02 Å². The van der Waals surface area contributed by atoms with E-state index in [1.165, 1.54) is 16.7 Å². The van der Waals surface area contributed by atoms with Gasteiger partial charge in [0.25, 0.3) is 11.8 Å². The molecule has 138 valence electrons. The predicted octanol–water partition coefficient (Wildman–Crippen LogP) is 3.44. The summed E-state index contributed by atoms with van der Waals surface area (Å²) in [6, 6.07) is 14.2. The first-order chi connectivity index (χ1) is 12.9. The lowest BCUT2D eigenvalue weighted by Crippen LogP contribution is -2.23. The maximum Gasteiger partial charge on any atom is 0.266 e. The van der Waals surface area contributed by atoms with Gasteiger partial charge in [0.15, 0.2) is 11.8 Å². The summed E-state index contributed by atoms with van der Waals surface area (Å²) in [5, 5.41) is 1.06. The zero-order valence-corrected chi connectivity index (χ0v) is 16.0. The Bertz CT molecular complexity index is 959. The van der Waals surface area contributed by atoms with Gasteiger partial charge in [-0.05, 0) is 47.7 Å². The summed E-state index contributed by atoms with van der Waals surface area (Å²) >= 11 is 7.40. The average Bonchev–Trinajstić information content (AvgIpc) is 2.90. The van der Waals surface area contributed by atoms with E-state index >= 15 is 0 Å². The SMILES string of the molecule is CN1C(=O)/C(=C/c2cccc(OCC(N)=O)c2)SC1=Nc1ccccc1Cl. The smallest absolute Gasteiger partial charge is 0.266 e. The summed E-state index contributed by atoms with van der Waals surface area (Å²) in [6.45, 7) is -0.203. The number of rotatable bonds is 5. The summed E-state index contributed by atoms with van der Waals surface area (Å²) in [5.41, 5.74) is 6.45. The van der Waals surface area contributed by atoms with Gasteiger partial charge >= 0.3 is 0 Å². The topological polar surface area (TPSA) is 85.0 Å². The Labute approximate surface area is 165 Å². The van der Waals surface area contributed by atoms with Crippen LogP contribution in [-0.2, 0) is 9.59 Å². The molecule has 1 aliphatic heterocycles. The van der Waals surface area contributed by atoms with Crippen LogP contribution in [0.4, 0.5) is 5.69 Å². The molecule has 6 nitrogen and oxygen atoms in total. The van der Waals surface area contributed by atoms with Crippen molar-refractivity contribution in [2.24, 2.45) is 10.7 Å². The highest BCUT2D eigenvalue weighted by atomic mass is 35.5. The van der Waals surface area contributed by atoms with Crippen molar-refractivity contribution < 1.29 is 14.3 Å². The van der Waals surface area contributed by atoms with Crippen molar-refractivity contribution >= 4 is 52.1 Å². The average molecular weight is 402 g/mol. The molecular formula is C19H16ClN3O3S. The molecule has 0 aromatic heterocycles. The van der Waals surface area contributed by atoms with Crippen LogP contribution < -0.4 is 10.5 Å². The van der Waals surface area contributed by atoms with Gasteiger partial charge in [-0.3, -0.25) is 14.5 Å². The van der Waals surface area contributed by atoms with Crippen LogP contribution >= 0.6 is 23.4 Å². The van der Waals surface area contributed by atoms with Crippen LogP contribution in [0.5, 0.6) is 5.75 Å². The number of carbonyl (C=O) groups excluding carboxylic acids is 2. The van der Waals surface area contributed by atoms with Crippen molar-refractivity contribution in [3.8, 4) is 5.75 Å². The van der Waals surface area contributed by atoms with Crippen molar-refractivity contribution in [1.29, 1.82) is 0 Å². The number of primary amides is 1. The number of likely N-dealkylation sites (N-methyl/N-ethyl adjacent to an activating group) is 1. The number of benzene rings is 2. The van der Waals surface area contributed by atoms with Gasteiger partial charge in [0.2, 0.25) is 0 Å². The Morgan fingerprint density at radius 3 is 2.81 bits per heavy atom. The van der Waals surface area contributed by atoms with Crippen LogP contribution in [0, 0.1) is 0 Å². The number of aliphatic imine (C=N–C) groups is 1.